The predicted molar refractivity (Wildman–Crippen MR) is 55.9 cm³/mol. The fraction of sp³-hybridized carbons (Fsp3) is 0.455. The molecule has 0 saturated carbocycles. The minimum absolute atomic E-state index is 0.244. The van der Waals surface area contributed by atoms with Gasteiger partial charge in [-0.1, -0.05) is 29.8 Å². The number of benzene rings is 1. The highest BCUT2D eigenvalue weighted by atomic mass is 16.5. The lowest BCUT2D eigenvalue weighted by Crippen LogP contribution is -2.24. The van der Waals surface area contributed by atoms with Gasteiger partial charge in [0.25, 0.3) is 0 Å². The highest BCUT2D eigenvalue weighted by Gasteiger charge is 2.00. The third-order valence-electron chi connectivity index (χ3n) is 1.97. The van der Waals surface area contributed by atoms with Crippen molar-refractivity contribution in [3.63, 3.8) is 0 Å². The molecule has 0 heterocycles. The first-order valence-corrected chi connectivity index (χ1v) is 4.74. The van der Waals surface area contributed by atoms with Gasteiger partial charge in [0.15, 0.2) is 0 Å². The Balaban J connectivity index is 2.28. The molecule has 0 fully saturated rings. The lowest BCUT2D eigenvalue weighted by Gasteiger charge is -2.08. The Morgan fingerprint density at radius 1 is 1.36 bits per heavy atom. The maximum Gasteiger partial charge on any atom is 0.0895 e. The fourth-order valence-electron chi connectivity index (χ4n) is 1.07. The smallest absolute Gasteiger partial charge is 0.0895 e. The SMILES string of the molecule is Cc1ccc(COCC(O)CN)cc1. The molecule has 1 atom stereocenters. The van der Waals surface area contributed by atoms with Gasteiger partial charge in [-0.15, -0.1) is 0 Å². The average molecular weight is 195 g/mol. The molecule has 0 radical (unpaired) electrons. The Hall–Kier alpha value is -0.900. The Bertz CT molecular complexity index is 258. The number of aliphatic hydroxyl groups is 1. The largest absolute Gasteiger partial charge is 0.389 e. The molecule has 0 spiro atoms. The Morgan fingerprint density at radius 3 is 2.57 bits per heavy atom. The van der Waals surface area contributed by atoms with Crippen molar-refractivity contribution in [3.05, 3.63) is 35.4 Å². The van der Waals surface area contributed by atoms with E-state index >= 15 is 0 Å². The van der Waals surface area contributed by atoms with Crippen LogP contribution in [0.15, 0.2) is 24.3 Å². The predicted octanol–water partition coefficient (Wildman–Crippen LogP) is 0.831. The maximum absolute atomic E-state index is 9.13. The molecule has 3 heteroatoms. The summed E-state index contributed by atoms with van der Waals surface area (Å²) in [5, 5.41) is 9.13. The number of rotatable bonds is 5. The van der Waals surface area contributed by atoms with E-state index in [0.717, 1.165) is 5.56 Å². The lowest BCUT2D eigenvalue weighted by atomic mass is 10.2. The van der Waals surface area contributed by atoms with Gasteiger partial charge in [-0.05, 0) is 12.5 Å². The zero-order valence-electron chi connectivity index (χ0n) is 8.44. The van der Waals surface area contributed by atoms with Crippen LogP contribution in [-0.4, -0.2) is 24.4 Å². The molecule has 0 saturated heterocycles. The molecule has 0 bridgehead atoms. The second-order valence-electron chi connectivity index (χ2n) is 3.39. The molecule has 1 unspecified atom stereocenters. The summed E-state index contributed by atoms with van der Waals surface area (Å²) in [6, 6.07) is 8.12. The van der Waals surface area contributed by atoms with Crippen LogP contribution in [0.3, 0.4) is 0 Å². The Kier molecular flexibility index (Phi) is 4.59. The van der Waals surface area contributed by atoms with Crippen molar-refractivity contribution in [3.8, 4) is 0 Å². The van der Waals surface area contributed by atoms with E-state index in [1.165, 1.54) is 5.56 Å². The van der Waals surface area contributed by atoms with Crippen LogP contribution in [0.4, 0.5) is 0 Å². The first kappa shape index (κ1) is 11.2. The lowest BCUT2D eigenvalue weighted by molar-refractivity contribution is 0.0329. The van der Waals surface area contributed by atoms with Crippen molar-refractivity contribution in [1.29, 1.82) is 0 Å². The van der Waals surface area contributed by atoms with Gasteiger partial charge in [-0.2, -0.15) is 0 Å². The van der Waals surface area contributed by atoms with Crippen LogP contribution >= 0.6 is 0 Å². The minimum Gasteiger partial charge on any atom is -0.389 e. The molecule has 1 aromatic carbocycles. The molecule has 3 nitrogen and oxygen atoms in total. The zero-order valence-corrected chi connectivity index (χ0v) is 8.44. The monoisotopic (exact) mass is 195 g/mol. The van der Waals surface area contributed by atoms with E-state index in [9.17, 15) is 0 Å². The van der Waals surface area contributed by atoms with Gasteiger partial charge in [-0.25, -0.2) is 0 Å². The molecule has 78 valence electrons. The van der Waals surface area contributed by atoms with Crippen LogP contribution in [0.25, 0.3) is 0 Å². The molecular weight excluding hydrogens is 178 g/mol. The van der Waals surface area contributed by atoms with Crippen molar-refractivity contribution in [2.75, 3.05) is 13.2 Å². The van der Waals surface area contributed by atoms with E-state index in [0.29, 0.717) is 13.2 Å². The van der Waals surface area contributed by atoms with Crippen molar-refractivity contribution in [2.45, 2.75) is 19.6 Å². The molecule has 0 aliphatic carbocycles. The molecule has 0 aliphatic heterocycles. The number of ether oxygens (including phenoxy) is 1. The normalized spacial score (nSPS) is 12.8. The van der Waals surface area contributed by atoms with E-state index in [1.54, 1.807) is 0 Å². The van der Waals surface area contributed by atoms with Gasteiger partial charge >= 0.3 is 0 Å². The Morgan fingerprint density at radius 2 is 2.00 bits per heavy atom. The second kappa shape index (κ2) is 5.75. The molecular formula is C11H17NO2. The van der Waals surface area contributed by atoms with E-state index in [4.69, 9.17) is 15.6 Å². The molecule has 1 rings (SSSR count). The molecule has 0 aliphatic rings. The number of nitrogens with two attached hydrogens (primary N) is 1. The van der Waals surface area contributed by atoms with Crippen LogP contribution < -0.4 is 5.73 Å². The van der Waals surface area contributed by atoms with Crippen LogP contribution in [0, 0.1) is 6.92 Å². The topological polar surface area (TPSA) is 55.5 Å². The summed E-state index contributed by atoms with van der Waals surface area (Å²) in [6.45, 7) is 3.11. The highest BCUT2D eigenvalue weighted by Crippen LogP contribution is 2.04. The van der Waals surface area contributed by atoms with Gasteiger partial charge in [0.1, 0.15) is 0 Å². The van der Waals surface area contributed by atoms with Crippen molar-refractivity contribution < 1.29 is 9.84 Å². The first-order valence-electron chi connectivity index (χ1n) is 4.74. The van der Waals surface area contributed by atoms with E-state index in [-0.39, 0.29) is 6.54 Å². The van der Waals surface area contributed by atoms with Crippen LogP contribution in [0.2, 0.25) is 0 Å². The summed E-state index contributed by atoms with van der Waals surface area (Å²) in [5.41, 5.74) is 7.58. The summed E-state index contributed by atoms with van der Waals surface area (Å²) >= 11 is 0. The van der Waals surface area contributed by atoms with E-state index < -0.39 is 6.10 Å². The summed E-state index contributed by atoms with van der Waals surface area (Å²) in [7, 11) is 0. The number of aryl methyl sites for hydroxylation is 1. The van der Waals surface area contributed by atoms with Gasteiger partial charge in [-0.3, -0.25) is 0 Å². The van der Waals surface area contributed by atoms with Gasteiger partial charge in [0.05, 0.1) is 19.3 Å². The van der Waals surface area contributed by atoms with Crippen molar-refractivity contribution in [1.82, 2.24) is 0 Å². The number of aliphatic hydroxyl groups excluding tert-OH is 1. The quantitative estimate of drug-likeness (QED) is 0.731. The highest BCUT2D eigenvalue weighted by molar-refractivity contribution is 5.20. The minimum atomic E-state index is -0.555. The third-order valence-corrected chi connectivity index (χ3v) is 1.97. The maximum atomic E-state index is 9.13. The summed E-state index contributed by atoms with van der Waals surface area (Å²) in [5.74, 6) is 0. The molecule has 14 heavy (non-hydrogen) atoms. The number of hydrogen-bond acceptors (Lipinski definition) is 3. The first-order chi connectivity index (χ1) is 6.72. The van der Waals surface area contributed by atoms with Crippen LogP contribution in [-0.2, 0) is 11.3 Å². The van der Waals surface area contributed by atoms with Gasteiger partial charge in [0.2, 0.25) is 0 Å². The van der Waals surface area contributed by atoms with Crippen molar-refractivity contribution >= 4 is 0 Å². The summed E-state index contributed by atoms with van der Waals surface area (Å²) in [4.78, 5) is 0. The summed E-state index contributed by atoms with van der Waals surface area (Å²) < 4.78 is 5.28. The second-order valence-corrected chi connectivity index (χ2v) is 3.39. The van der Waals surface area contributed by atoms with Crippen LogP contribution in [0.5, 0.6) is 0 Å². The molecule has 0 amide bonds. The zero-order chi connectivity index (χ0) is 10.4. The molecule has 0 aromatic heterocycles. The van der Waals surface area contributed by atoms with Gasteiger partial charge < -0.3 is 15.6 Å². The summed E-state index contributed by atoms with van der Waals surface area (Å²) in [6.07, 6.45) is -0.555. The van der Waals surface area contributed by atoms with Crippen molar-refractivity contribution in [2.24, 2.45) is 5.73 Å². The average Bonchev–Trinajstić information content (AvgIpc) is 2.21. The third kappa shape index (κ3) is 3.87. The van der Waals surface area contributed by atoms with E-state index in [2.05, 4.69) is 0 Å². The number of hydrogen-bond donors (Lipinski definition) is 2. The van der Waals surface area contributed by atoms with E-state index in [1.807, 2.05) is 31.2 Å². The van der Waals surface area contributed by atoms with Gasteiger partial charge in [0, 0.05) is 6.54 Å². The standard InChI is InChI=1S/C11H17NO2/c1-9-2-4-10(5-3-9)7-14-8-11(13)6-12/h2-5,11,13H,6-8,12H2,1H3. The van der Waals surface area contributed by atoms with Crippen LogP contribution in [0.1, 0.15) is 11.1 Å². The Labute approximate surface area is 84.5 Å². The fourth-order valence-corrected chi connectivity index (χ4v) is 1.07. The molecule has 1 aromatic rings. The molecule has 3 N–H and O–H groups in total.